The molecule has 0 saturated heterocycles. The third-order valence-electron chi connectivity index (χ3n) is 4.76. The molecule has 29 heavy (non-hydrogen) atoms. The van der Waals surface area contributed by atoms with E-state index in [2.05, 4.69) is 19.9 Å². The van der Waals surface area contributed by atoms with Gasteiger partial charge in [-0.3, -0.25) is 4.98 Å². The number of aliphatic hydroxyl groups is 1. The molecule has 0 aliphatic heterocycles. The largest absolute Gasteiger partial charge is 0.424 e. The Morgan fingerprint density at radius 3 is 2.21 bits per heavy atom. The van der Waals surface area contributed by atoms with Gasteiger partial charge in [0.25, 0.3) is 0 Å². The molecule has 6 nitrogen and oxygen atoms in total. The predicted molar refractivity (Wildman–Crippen MR) is 114 cm³/mol. The van der Waals surface area contributed by atoms with Crippen molar-refractivity contribution in [3.05, 3.63) is 78.8 Å². The molecule has 0 radical (unpaired) electrons. The lowest BCUT2D eigenvalue weighted by Crippen LogP contribution is -2.16. The van der Waals surface area contributed by atoms with Crippen LogP contribution in [-0.2, 0) is 5.60 Å². The van der Waals surface area contributed by atoms with Gasteiger partial charge in [-0.15, -0.1) is 0 Å². The lowest BCUT2D eigenvalue weighted by Gasteiger charge is -2.22. The first-order valence-corrected chi connectivity index (χ1v) is 9.31. The smallest absolute Gasteiger partial charge is 0.322 e. The van der Waals surface area contributed by atoms with E-state index in [0.29, 0.717) is 5.75 Å². The molecule has 0 spiro atoms. The molecule has 0 aliphatic rings. The van der Waals surface area contributed by atoms with Crippen LogP contribution in [0.4, 0.5) is 11.4 Å². The van der Waals surface area contributed by atoms with E-state index in [1.54, 1.807) is 32.4 Å². The molecule has 0 unspecified atom stereocenters. The van der Waals surface area contributed by atoms with Gasteiger partial charge in [-0.2, -0.15) is 4.98 Å². The van der Waals surface area contributed by atoms with Crippen molar-refractivity contribution in [1.29, 1.82) is 0 Å². The second-order valence-corrected chi connectivity index (χ2v) is 7.35. The molecule has 0 fully saturated rings. The summed E-state index contributed by atoms with van der Waals surface area (Å²) >= 11 is 0. The highest BCUT2D eigenvalue weighted by molar-refractivity contribution is 5.76. The second-order valence-electron chi connectivity index (χ2n) is 7.35. The summed E-state index contributed by atoms with van der Waals surface area (Å²) in [6.07, 6.45) is 5.11. The van der Waals surface area contributed by atoms with Crippen molar-refractivity contribution in [1.82, 2.24) is 15.0 Å². The van der Waals surface area contributed by atoms with E-state index in [0.717, 1.165) is 27.8 Å². The predicted octanol–water partition coefficient (Wildman–Crippen LogP) is 4.81. The van der Waals surface area contributed by atoms with Crippen molar-refractivity contribution in [2.45, 2.75) is 19.4 Å². The minimum Gasteiger partial charge on any atom is -0.424 e. The maximum absolute atomic E-state index is 10.1. The third kappa shape index (κ3) is 4.17. The van der Waals surface area contributed by atoms with Gasteiger partial charge in [0.05, 0.1) is 17.3 Å². The topological polar surface area (TPSA) is 71.4 Å². The Balaban J connectivity index is 1.49. The van der Waals surface area contributed by atoms with Gasteiger partial charge in [-0.1, -0.05) is 12.1 Å². The van der Waals surface area contributed by atoms with Crippen LogP contribution in [-0.4, -0.2) is 27.1 Å². The van der Waals surface area contributed by atoms with Crippen molar-refractivity contribution in [2.75, 3.05) is 11.9 Å². The second kappa shape index (κ2) is 7.48. The number of hydrogen-bond donors (Lipinski definition) is 1. The fraction of sp³-hybridized carbons (Fsp3) is 0.174. The van der Waals surface area contributed by atoms with Crippen LogP contribution in [0.5, 0.6) is 11.8 Å². The van der Waals surface area contributed by atoms with Crippen LogP contribution in [0.1, 0.15) is 19.4 Å². The first kappa shape index (κ1) is 18.8. The van der Waals surface area contributed by atoms with Crippen LogP contribution in [0.15, 0.2) is 73.2 Å². The lowest BCUT2D eigenvalue weighted by molar-refractivity contribution is 0.0786. The van der Waals surface area contributed by atoms with Gasteiger partial charge < -0.3 is 14.7 Å². The standard InChI is InChI=1S/C23H22N4O2/c1-23(2,28)17-4-6-18(7-5-17)27(3)19-8-10-20(11-9-19)29-22-25-14-16-12-13-24-15-21(16)26-22/h4-15,28H,1-3H3. The molecule has 1 N–H and O–H groups in total. The average molecular weight is 386 g/mol. The fourth-order valence-electron chi connectivity index (χ4n) is 2.99. The molecule has 4 aromatic rings. The summed E-state index contributed by atoms with van der Waals surface area (Å²) in [5, 5.41) is 11.0. The van der Waals surface area contributed by atoms with Gasteiger partial charge in [0.1, 0.15) is 5.75 Å². The molecule has 146 valence electrons. The van der Waals surface area contributed by atoms with Crippen LogP contribution in [0.3, 0.4) is 0 Å². The molecule has 2 aromatic carbocycles. The van der Waals surface area contributed by atoms with Crippen molar-refractivity contribution in [3.8, 4) is 11.8 Å². The summed E-state index contributed by atoms with van der Waals surface area (Å²) in [6, 6.07) is 17.7. The van der Waals surface area contributed by atoms with Gasteiger partial charge in [0.15, 0.2) is 0 Å². The first-order chi connectivity index (χ1) is 13.9. The summed E-state index contributed by atoms with van der Waals surface area (Å²) in [5.74, 6) is 0.655. The van der Waals surface area contributed by atoms with Crippen molar-refractivity contribution in [2.24, 2.45) is 0 Å². The average Bonchev–Trinajstić information content (AvgIpc) is 2.73. The normalized spacial score (nSPS) is 11.4. The quantitative estimate of drug-likeness (QED) is 0.531. The lowest BCUT2D eigenvalue weighted by atomic mass is 9.98. The fourth-order valence-corrected chi connectivity index (χ4v) is 2.99. The molecular weight excluding hydrogens is 364 g/mol. The molecule has 2 aromatic heterocycles. The SMILES string of the molecule is CN(c1ccc(Oc2ncc3ccncc3n2)cc1)c1ccc(C(C)(C)O)cc1. The van der Waals surface area contributed by atoms with E-state index in [-0.39, 0.29) is 6.01 Å². The van der Waals surface area contributed by atoms with Crippen LogP contribution in [0.25, 0.3) is 10.9 Å². The summed E-state index contributed by atoms with van der Waals surface area (Å²) in [6.45, 7) is 3.56. The van der Waals surface area contributed by atoms with Crippen LogP contribution in [0, 0.1) is 0 Å². The molecule has 0 aliphatic carbocycles. The van der Waals surface area contributed by atoms with E-state index in [4.69, 9.17) is 4.74 Å². The molecule has 0 bridgehead atoms. The van der Waals surface area contributed by atoms with Gasteiger partial charge in [-0.25, -0.2) is 4.98 Å². The third-order valence-corrected chi connectivity index (χ3v) is 4.76. The number of fused-ring (bicyclic) bond motifs is 1. The number of benzene rings is 2. The Labute approximate surface area is 169 Å². The Hall–Kier alpha value is -3.51. The Morgan fingerprint density at radius 1 is 0.897 bits per heavy atom. The highest BCUT2D eigenvalue weighted by Gasteiger charge is 2.16. The number of anilines is 2. The number of hydrogen-bond acceptors (Lipinski definition) is 6. The maximum atomic E-state index is 10.1. The van der Waals surface area contributed by atoms with E-state index < -0.39 is 5.60 Å². The van der Waals surface area contributed by atoms with Gasteiger partial charge in [0.2, 0.25) is 0 Å². The monoisotopic (exact) mass is 386 g/mol. The highest BCUT2D eigenvalue weighted by Crippen LogP contribution is 2.29. The van der Waals surface area contributed by atoms with Gasteiger partial charge >= 0.3 is 6.01 Å². The Kier molecular flexibility index (Phi) is 4.86. The molecule has 0 saturated carbocycles. The highest BCUT2D eigenvalue weighted by atomic mass is 16.5. The Morgan fingerprint density at radius 2 is 1.55 bits per heavy atom. The van der Waals surface area contributed by atoms with Crippen LogP contribution in [0.2, 0.25) is 0 Å². The molecule has 0 amide bonds. The van der Waals surface area contributed by atoms with Gasteiger partial charge in [-0.05, 0) is 61.9 Å². The van der Waals surface area contributed by atoms with Crippen LogP contribution < -0.4 is 9.64 Å². The minimum absolute atomic E-state index is 0.286. The maximum Gasteiger partial charge on any atom is 0.322 e. The summed E-state index contributed by atoms with van der Waals surface area (Å²) in [4.78, 5) is 14.8. The van der Waals surface area contributed by atoms with E-state index in [9.17, 15) is 5.11 Å². The number of nitrogens with zero attached hydrogens (tertiary/aromatic N) is 4. The van der Waals surface area contributed by atoms with E-state index in [1.807, 2.05) is 61.6 Å². The molecule has 2 heterocycles. The van der Waals surface area contributed by atoms with Gasteiger partial charge in [0, 0.05) is 36.2 Å². The zero-order valence-electron chi connectivity index (χ0n) is 16.6. The van der Waals surface area contributed by atoms with Crippen molar-refractivity contribution in [3.63, 3.8) is 0 Å². The summed E-state index contributed by atoms with van der Waals surface area (Å²) in [5.41, 5.74) is 2.80. The number of rotatable bonds is 5. The van der Waals surface area contributed by atoms with E-state index >= 15 is 0 Å². The summed E-state index contributed by atoms with van der Waals surface area (Å²) in [7, 11) is 1.99. The zero-order valence-corrected chi connectivity index (χ0v) is 16.6. The van der Waals surface area contributed by atoms with Crippen molar-refractivity contribution < 1.29 is 9.84 Å². The minimum atomic E-state index is -0.850. The summed E-state index contributed by atoms with van der Waals surface area (Å²) < 4.78 is 5.78. The Bertz CT molecular complexity index is 1120. The molecule has 0 atom stereocenters. The first-order valence-electron chi connectivity index (χ1n) is 9.31. The van der Waals surface area contributed by atoms with Crippen LogP contribution >= 0.6 is 0 Å². The molecular formula is C23H22N4O2. The van der Waals surface area contributed by atoms with E-state index in [1.165, 1.54) is 0 Å². The molecule has 6 heteroatoms. The number of pyridine rings is 1. The zero-order chi connectivity index (χ0) is 20.4. The van der Waals surface area contributed by atoms with Crippen molar-refractivity contribution >= 4 is 22.3 Å². The number of ether oxygens (including phenoxy) is 1. The number of aromatic nitrogens is 3. The molecule has 4 rings (SSSR count).